The summed E-state index contributed by atoms with van der Waals surface area (Å²) in [5, 5.41) is 61.0. The zero-order chi connectivity index (χ0) is 27.2. The van der Waals surface area contributed by atoms with Crippen LogP contribution in [0.4, 0.5) is 0 Å². The van der Waals surface area contributed by atoms with Crippen molar-refractivity contribution in [3.63, 3.8) is 0 Å². The van der Waals surface area contributed by atoms with Crippen LogP contribution in [-0.2, 0) is 27.4 Å². The average Bonchev–Trinajstić information content (AvgIpc) is 3.04. The number of ether oxygens (including phenoxy) is 2. The predicted octanol–water partition coefficient (Wildman–Crippen LogP) is -5.41. The summed E-state index contributed by atoms with van der Waals surface area (Å²) in [7, 11) is -11.5. The Bertz CT molecular complexity index is 1130. The number of phosphoric acid groups is 2. The van der Waals surface area contributed by atoms with Gasteiger partial charge >= 0.3 is 21.3 Å². The van der Waals surface area contributed by atoms with Crippen LogP contribution in [0.2, 0.25) is 0 Å². The minimum absolute atomic E-state index is 0.615. The molecule has 3 rings (SSSR count). The minimum Gasteiger partial charge on any atom is -0.394 e. The highest BCUT2D eigenvalue weighted by atomic mass is 31.3. The van der Waals surface area contributed by atoms with Gasteiger partial charge in [0, 0.05) is 12.3 Å². The van der Waals surface area contributed by atoms with Crippen LogP contribution in [0.25, 0.3) is 0 Å². The number of H-pyrrole nitrogens is 1. The highest BCUT2D eigenvalue weighted by Gasteiger charge is 2.57. The smallest absolute Gasteiger partial charge is 0.394 e. The summed E-state index contributed by atoms with van der Waals surface area (Å²) in [5.74, 6) is 0. The molecule has 0 radical (unpaired) electrons. The fraction of sp³-hybridized carbons (Fsp3) is 0.733. The molecule has 0 spiro atoms. The van der Waals surface area contributed by atoms with Crippen molar-refractivity contribution in [2.75, 3.05) is 6.61 Å². The zero-order valence-corrected chi connectivity index (χ0v) is 19.6. The molecule has 21 heteroatoms. The monoisotopic (exact) mass is 566 g/mol. The van der Waals surface area contributed by atoms with E-state index in [2.05, 4.69) is 4.31 Å². The van der Waals surface area contributed by atoms with Gasteiger partial charge in [0.15, 0.2) is 6.23 Å². The maximum atomic E-state index is 12.3. The molecule has 11 atom stereocenters. The molecule has 0 saturated carbocycles. The molecule has 2 aliphatic heterocycles. The summed E-state index contributed by atoms with van der Waals surface area (Å²) in [6, 6.07) is 0.860. The number of rotatable bonds is 8. The topological polar surface area (TPSA) is 308 Å². The van der Waals surface area contributed by atoms with Crippen molar-refractivity contribution in [2.24, 2.45) is 0 Å². The number of hydrogen-bond acceptors (Lipinski definition) is 14. The van der Waals surface area contributed by atoms with Crippen LogP contribution in [0.15, 0.2) is 21.9 Å². The van der Waals surface area contributed by atoms with E-state index in [9.17, 15) is 54.3 Å². The predicted molar refractivity (Wildman–Crippen MR) is 109 cm³/mol. The zero-order valence-electron chi connectivity index (χ0n) is 17.8. The molecule has 10 N–H and O–H groups in total. The summed E-state index contributed by atoms with van der Waals surface area (Å²) in [6.45, 7) is -0.962. The van der Waals surface area contributed by atoms with Crippen molar-refractivity contribution in [2.45, 2.75) is 61.2 Å². The van der Waals surface area contributed by atoms with E-state index in [1.807, 2.05) is 4.98 Å². The summed E-state index contributed by atoms with van der Waals surface area (Å²) in [5.41, 5.74) is -1.93. The molecule has 1 aromatic rings. The first-order valence-electron chi connectivity index (χ1n) is 9.98. The molecule has 2 fully saturated rings. The van der Waals surface area contributed by atoms with Crippen molar-refractivity contribution < 1.29 is 72.8 Å². The van der Waals surface area contributed by atoms with E-state index in [0.29, 0.717) is 4.57 Å². The number of aromatic amines is 1. The average molecular weight is 566 g/mol. The number of aliphatic hydroxyl groups is 6. The van der Waals surface area contributed by atoms with Gasteiger partial charge in [0.2, 0.25) is 0 Å². The molecule has 0 amide bonds. The Labute approximate surface area is 199 Å². The molecule has 0 aromatic carbocycles. The first kappa shape index (κ1) is 29.2. The molecule has 2 saturated heterocycles. The normalized spacial score (nSPS) is 38.0. The Morgan fingerprint density at radius 2 is 1.53 bits per heavy atom. The molecule has 3 heterocycles. The van der Waals surface area contributed by atoms with Gasteiger partial charge in [-0.25, -0.2) is 13.9 Å². The van der Waals surface area contributed by atoms with Gasteiger partial charge in [-0.15, -0.1) is 0 Å². The van der Waals surface area contributed by atoms with Gasteiger partial charge in [-0.05, 0) is 0 Å². The SMILES string of the molecule is O=c1ccn([C@@H]2O[C@H]([C@H](OP(=O)(O)OP(=O)(O)O)[C@H]3O[C@H](CO)[C@H](O)[C@H](O)[C@H]3O)[C@@H](O)[C@H]2O)c(=O)[nH]1. The summed E-state index contributed by atoms with van der Waals surface area (Å²) < 4.78 is 43.1. The van der Waals surface area contributed by atoms with Gasteiger partial charge in [0.05, 0.1) is 6.61 Å². The summed E-state index contributed by atoms with van der Waals surface area (Å²) in [4.78, 5) is 52.9. The van der Waals surface area contributed by atoms with Crippen molar-refractivity contribution in [1.29, 1.82) is 0 Å². The van der Waals surface area contributed by atoms with Crippen LogP contribution < -0.4 is 11.2 Å². The fourth-order valence-corrected chi connectivity index (χ4v) is 5.61. The largest absolute Gasteiger partial charge is 0.481 e. The van der Waals surface area contributed by atoms with E-state index in [1.165, 1.54) is 0 Å². The lowest BCUT2D eigenvalue weighted by molar-refractivity contribution is -0.260. The highest BCUT2D eigenvalue weighted by Crippen LogP contribution is 2.59. The van der Waals surface area contributed by atoms with E-state index in [1.54, 1.807) is 0 Å². The highest BCUT2D eigenvalue weighted by molar-refractivity contribution is 7.60. The third-order valence-corrected chi connectivity index (χ3v) is 7.63. The summed E-state index contributed by atoms with van der Waals surface area (Å²) in [6.07, 6.45) is -19.2. The third-order valence-electron chi connectivity index (χ3n) is 5.44. The van der Waals surface area contributed by atoms with Gasteiger partial charge in [0.25, 0.3) is 5.56 Å². The molecule has 36 heavy (non-hydrogen) atoms. The lowest BCUT2D eigenvalue weighted by Gasteiger charge is -2.44. The van der Waals surface area contributed by atoms with Crippen LogP contribution in [0.3, 0.4) is 0 Å². The van der Waals surface area contributed by atoms with E-state index < -0.39 is 94.7 Å². The second kappa shape index (κ2) is 10.8. The fourth-order valence-electron chi connectivity index (χ4n) is 3.83. The number of aliphatic hydroxyl groups excluding tert-OH is 6. The Morgan fingerprint density at radius 1 is 0.944 bits per heavy atom. The number of hydrogen-bond donors (Lipinski definition) is 10. The molecule has 206 valence electrons. The van der Waals surface area contributed by atoms with E-state index in [4.69, 9.17) is 23.8 Å². The van der Waals surface area contributed by atoms with Gasteiger partial charge in [0.1, 0.15) is 54.9 Å². The lowest BCUT2D eigenvalue weighted by atomic mass is 9.89. The van der Waals surface area contributed by atoms with Crippen molar-refractivity contribution >= 4 is 15.6 Å². The van der Waals surface area contributed by atoms with Crippen LogP contribution in [-0.4, -0.2) is 116 Å². The van der Waals surface area contributed by atoms with Crippen molar-refractivity contribution in [3.05, 3.63) is 33.1 Å². The molecular formula is C15H24N2O17P2. The van der Waals surface area contributed by atoms with Crippen LogP contribution >= 0.6 is 15.6 Å². The molecule has 2 aliphatic rings. The van der Waals surface area contributed by atoms with Crippen LogP contribution in [0, 0.1) is 0 Å². The maximum Gasteiger partial charge on any atom is 0.481 e. The number of aromatic nitrogens is 2. The first-order valence-corrected chi connectivity index (χ1v) is 13.0. The van der Waals surface area contributed by atoms with Crippen LogP contribution in [0.5, 0.6) is 0 Å². The van der Waals surface area contributed by atoms with Gasteiger partial charge < -0.3 is 54.8 Å². The molecule has 0 bridgehead atoms. The van der Waals surface area contributed by atoms with Crippen molar-refractivity contribution in [1.82, 2.24) is 9.55 Å². The molecule has 1 unspecified atom stereocenters. The molecule has 19 nitrogen and oxygen atoms in total. The lowest BCUT2D eigenvalue weighted by Crippen LogP contribution is -2.64. The quantitative estimate of drug-likeness (QED) is 0.131. The Morgan fingerprint density at radius 3 is 2.08 bits per heavy atom. The first-order chi connectivity index (χ1) is 16.6. The minimum atomic E-state index is -5.78. The Balaban J connectivity index is 2.02. The standard InChI is InChI=1S/C15H24N2O17P2/c18-3-4-6(20)7(21)8(22)11(31-4)13(33-36(29,30)34-35(26,27)28)12-9(23)10(24)14(32-12)17-2-1-5(19)16-15(17)25/h1-2,4,6-14,18,20-24H,3H2,(H,29,30)(H,16,19,25)(H2,26,27,28)/t4-,6+,7+,8-,9+,10-,11+,12+,13-,14-/m1/s1. The Kier molecular flexibility index (Phi) is 8.73. The third kappa shape index (κ3) is 6.18. The molecule has 1 aromatic heterocycles. The molecular weight excluding hydrogens is 542 g/mol. The van der Waals surface area contributed by atoms with Crippen molar-refractivity contribution in [3.8, 4) is 0 Å². The number of nitrogens with zero attached hydrogens (tertiary/aromatic N) is 1. The van der Waals surface area contributed by atoms with E-state index in [0.717, 1.165) is 12.3 Å². The number of nitrogens with one attached hydrogen (secondary N) is 1. The second-order valence-electron chi connectivity index (χ2n) is 7.89. The Hall–Kier alpha value is -1.38. The molecule has 0 aliphatic carbocycles. The number of phosphoric ester groups is 1. The van der Waals surface area contributed by atoms with Gasteiger partial charge in [-0.3, -0.25) is 18.9 Å². The van der Waals surface area contributed by atoms with E-state index >= 15 is 0 Å². The van der Waals surface area contributed by atoms with Crippen LogP contribution in [0.1, 0.15) is 6.23 Å². The second-order valence-corrected chi connectivity index (χ2v) is 10.7. The van der Waals surface area contributed by atoms with E-state index in [-0.39, 0.29) is 0 Å². The van der Waals surface area contributed by atoms with Gasteiger partial charge in [-0.2, -0.15) is 4.31 Å². The summed E-state index contributed by atoms with van der Waals surface area (Å²) >= 11 is 0. The van der Waals surface area contributed by atoms with Gasteiger partial charge in [-0.1, -0.05) is 0 Å². The maximum absolute atomic E-state index is 12.3.